The molecule has 0 saturated carbocycles. The molecule has 2 rings (SSSR count). The van der Waals surface area contributed by atoms with Gasteiger partial charge in [-0.3, -0.25) is 4.90 Å². The van der Waals surface area contributed by atoms with Gasteiger partial charge in [-0.05, 0) is 64.6 Å². The van der Waals surface area contributed by atoms with Crippen molar-refractivity contribution in [1.29, 1.82) is 0 Å². The maximum atomic E-state index is 3.74. The molecule has 1 aromatic rings. The van der Waals surface area contributed by atoms with Gasteiger partial charge < -0.3 is 5.32 Å². The van der Waals surface area contributed by atoms with Gasteiger partial charge in [-0.25, -0.2) is 0 Å². The maximum Gasteiger partial charge on any atom is 0.0120 e. The van der Waals surface area contributed by atoms with Crippen LogP contribution >= 0.6 is 11.3 Å². The van der Waals surface area contributed by atoms with Crippen LogP contribution in [0.15, 0.2) is 12.1 Å². The molecule has 0 bridgehead atoms. The van der Waals surface area contributed by atoms with E-state index in [4.69, 9.17) is 0 Å². The first-order chi connectivity index (χ1) is 10.0. The molecule has 21 heavy (non-hydrogen) atoms. The largest absolute Gasteiger partial charge is 0.314 e. The highest BCUT2D eigenvalue weighted by Crippen LogP contribution is 2.27. The zero-order chi connectivity index (χ0) is 15.4. The van der Waals surface area contributed by atoms with Crippen LogP contribution in [0.2, 0.25) is 0 Å². The first-order valence-corrected chi connectivity index (χ1v) is 9.39. The Balaban J connectivity index is 1.91. The molecule has 0 aromatic carbocycles. The van der Waals surface area contributed by atoms with E-state index in [1.54, 1.807) is 0 Å². The fourth-order valence-corrected chi connectivity index (χ4v) is 4.65. The van der Waals surface area contributed by atoms with Crippen molar-refractivity contribution in [2.45, 2.75) is 72.0 Å². The molecule has 1 N–H and O–H groups in total. The smallest absolute Gasteiger partial charge is 0.0120 e. The van der Waals surface area contributed by atoms with Crippen molar-refractivity contribution in [2.24, 2.45) is 5.92 Å². The van der Waals surface area contributed by atoms with Crippen molar-refractivity contribution in [1.82, 2.24) is 10.2 Å². The molecule has 0 spiro atoms. The maximum absolute atomic E-state index is 3.74. The molecular formula is C18H32N2S. The number of rotatable bonds is 6. The summed E-state index contributed by atoms with van der Waals surface area (Å²) in [6.45, 7) is 14.1. The van der Waals surface area contributed by atoms with Crippen molar-refractivity contribution in [3.8, 4) is 0 Å². The first-order valence-electron chi connectivity index (χ1n) is 8.57. The summed E-state index contributed by atoms with van der Waals surface area (Å²) in [6, 6.07) is 6.57. The number of hydrogen-bond acceptors (Lipinski definition) is 3. The van der Waals surface area contributed by atoms with E-state index >= 15 is 0 Å². The minimum atomic E-state index is 0.646. The van der Waals surface area contributed by atoms with Gasteiger partial charge in [0.15, 0.2) is 0 Å². The first kappa shape index (κ1) is 17.0. The van der Waals surface area contributed by atoms with Gasteiger partial charge in [-0.2, -0.15) is 0 Å². The van der Waals surface area contributed by atoms with E-state index in [0.717, 1.165) is 12.5 Å². The Morgan fingerprint density at radius 1 is 1.38 bits per heavy atom. The summed E-state index contributed by atoms with van der Waals surface area (Å²) in [7, 11) is 0. The SMILES string of the molecule is CCCNC1CCN(C(C)Cc2ccc(C)s2)C(C)C1C. The van der Waals surface area contributed by atoms with Gasteiger partial charge in [0.2, 0.25) is 0 Å². The van der Waals surface area contributed by atoms with Gasteiger partial charge >= 0.3 is 0 Å². The van der Waals surface area contributed by atoms with E-state index in [1.165, 1.54) is 35.6 Å². The van der Waals surface area contributed by atoms with Crippen LogP contribution in [-0.2, 0) is 6.42 Å². The van der Waals surface area contributed by atoms with Crippen molar-refractivity contribution in [2.75, 3.05) is 13.1 Å². The molecule has 120 valence electrons. The minimum absolute atomic E-state index is 0.646. The quantitative estimate of drug-likeness (QED) is 0.851. The second kappa shape index (κ2) is 7.75. The predicted octanol–water partition coefficient (Wildman–Crippen LogP) is 4.09. The fraction of sp³-hybridized carbons (Fsp3) is 0.778. The zero-order valence-corrected chi connectivity index (χ0v) is 15.2. The minimum Gasteiger partial charge on any atom is -0.314 e. The van der Waals surface area contributed by atoms with Gasteiger partial charge in [0.25, 0.3) is 0 Å². The lowest BCUT2D eigenvalue weighted by molar-refractivity contribution is 0.0532. The summed E-state index contributed by atoms with van der Waals surface area (Å²) in [4.78, 5) is 5.69. The molecule has 4 unspecified atom stereocenters. The predicted molar refractivity (Wildman–Crippen MR) is 94.3 cm³/mol. The second-order valence-corrected chi connectivity index (χ2v) is 8.12. The Labute approximate surface area is 134 Å². The highest BCUT2D eigenvalue weighted by molar-refractivity contribution is 7.11. The Hall–Kier alpha value is -0.380. The molecule has 1 aromatic heterocycles. The number of likely N-dealkylation sites (tertiary alicyclic amines) is 1. The third-order valence-corrected chi connectivity index (χ3v) is 6.16. The molecule has 0 radical (unpaired) electrons. The lowest BCUT2D eigenvalue weighted by Gasteiger charge is -2.46. The molecule has 0 aliphatic carbocycles. The average Bonchev–Trinajstić information content (AvgIpc) is 2.85. The number of nitrogens with zero attached hydrogens (tertiary/aromatic N) is 1. The summed E-state index contributed by atoms with van der Waals surface area (Å²) in [5.41, 5.74) is 0. The number of piperidine rings is 1. The summed E-state index contributed by atoms with van der Waals surface area (Å²) in [5.74, 6) is 0.734. The van der Waals surface area contributed by atoms with Crippen LogP contribution in [-0.4, -0.2) is 36.1 Å². The monoisotopic (exact) mass is 308 g/mol. The lowest BCUT2D eigenvalue weighted by atomic mass is 9.85. The van der Waals surface area contributed by atoms with Gasteiger partial charge in [-0.15, -0.1) is 11.3 Å². The molecule has 1 aliphatic rings. The van der Waals surface area contributed by atoms with E-state index in [2.05, 4.69) is 57.0 Å². The summed E-state index contributed by atoms with van der Waals surface area (Å²) in [5, 5.41) is 3.74. The lowest BCUT2D eigenvalue weighted by Crippen LogP contribution is -2.56. The molecule has 2 heterocycles. The van der Waals surface area contributed by atoms with Gasteiger partial charge in [-0.1, -0.05) is 13.8 Å². The Bertz CT molecular complexity index is 429. The number of hydrogen-bond donors (Lipinski definition) is 1. The highest BCUT2D eigenvalue weighted by Gasteiger charge is 2.34. The van der Waals surface area contributed by atoms with Gasteiger partial charge in [0.05, 0.1) is 0 Å². The fourth-order valence-electron chi connectivity index (χ4n) is 3.64. The number of nitrogens with one attached hydrogen (secondary N) is 1. The standard InChI is InChI=1S/C18H32N2S/c1-6-10-19-18-9-11-20(16(5)15(18)4)13(2)12-17-8-7-14(3)21-17/h7-8,13,15-16,18-19H,6,9-12H2,1-5H3. The number of thiophene rings is 1. The topological polar surface area (TPSA) is 15.3 Å². The van der Waals surface area contributed by atoms with Gasteiger partial charge in [0.1, 0.15) is 0 Å². The third-order valence-electron chi connectivity index (χ3n) is 5.13. The van der Waals surface area contributed by atoms with Crippen molar-refractivity contribution in [3.05, 3.63) is 21.9 Å². The van der Waals surface area contributed by atoms with Crippen molar-refractivity contribution < 1.29 is 0 Å². The number of aryl methyl sites for hydroxylation is 1. The van der Waals surface area contributed by atoms with E-state index in [0.29, 0.717) is 18.1 Å². The third kappa shape index (κ3) is 4.30. The van der Waals surface area contributed by atoms with Crippen LogP contribution in [0, 0.1) is 12.8 Å². The van der Waals surface area contributed by atoms with Gasteiger partial charge in [0, 0.05) is 34.4 Å². The summed E-state index contributed by atoms with van der Waals surface area (Å²) in [6.07, 6.45) is 3.72. The summed E-state index contributed by atoms with van der Waals surface area (Å²) >= 11 is 1.95. The van der Waals surface area contributed by atoms with E-state index in [9.17, 15) is 0 Å². The van der Waals surface area contributed by atoms with Crippen LogP contribution in [0.3, 0.4) is 0 Å². The normalized spacial score (nSPS) is 28.7. The zero-order valence-electron chi connectivity index (χ0n) is 14.4. The second-order valence-electron chi connectivity index (χ2n) is 6.75. The average molecular weight is 309 g/mol. The van der Waals surface area contributed by atoms with Crippen molar-refractivity contribution >= 4 is 11.3 Å². The molecule has 3 heteroatoms. The molecule has 1 aliphatic heterocycles. The van der Waals surface area contributed by atoms with E-state index < -0.39 is 0 Å². The Morgan fingerprint density at radius 3 is 2.76 bits per heavy atom. The van der Waals surface area contributed by atoms with Crippen LogP contribution in [0.5, 0.6) is 0 Å². The molecule has 1 fully saturated rings. The van der Waals surface area contributed by atoms with Crippen LogP contribution in [0.25, 0.3) is 0 Å². The molecule has 4 atom stereocenters. The van der Waals surface area contributed by atoms with Crippen LogP contribution in [0.1, 0.15) is 50.3 Å². The Morgan fingerprint density at radius 2 is 2.14 bits per heavy atom. The van der Waals surface area contributed by atoms with E-state index in [-0.39, 0.29) is 0 Å². The molecule has 2 nitrogen and oxygen atoms in total. The van der Waals surface area contributed by atoms with Crippen molar-refractivity contribution in [3.63, 3.8) is 0 Å². The highest BCUT2D eigenvalue weighted by atomic mass is 32.1. The van der Waals surface area contributed by atoms with E-state index in [1.807, 2.05) is 11.3 Å². The Kier molecular flexibility index (Phi) is 6.27. The molecule has 1 saturated heterocycles. The molecular weight excluding hydrogens is 276 g/mol. The molecule has 0 amide bonds. The summed E-state index contributed by atoms with van der Waals surface area (Å²) < 4.78 is 0. The van der Waals surface area contributed by atoms with Crippen LogP contribution < -0.4 is 5.32 Å². The van der Waals surface area contributed by atoms with Crippen LogP contribution in [0.4, 0.5) is 0 Å².